The summed E-state index contributed by atoms with van der Waals surface area (Å²) in [6, 6.07) is 8.49. The molecule has 5 heteroatoms. The van der Waals surface area contributed by atoms with Crippen molar-refractivity contribution < 1.29 is 4.79 Å². The fraction of sp³-hybridized carbons (Fsp3) is 0.333. The number of nitrogens with zero attached hydrogens (tertiary/aromatic N) is 1. The molecule has 0 radical (unpaired) electrons. The minimum absolute atomic E-state index is 0.0665. The maximum absolute atomic E-state index is 11.5. The molecule has 0 aliphatic heterocycles. The second kappa shape index (κ2) is 6.63. The number of carbonyl (C=O) groups excluding carboxylic acids is 1. The van der Waals surface area contributed by atoms with E-state index in [-0.39, 0.29) is 5.91 Å². The maximum atomic E-state index is 11.5. The quantitative estimate of drug-likeness (QED) is 0.889. The Bertz CT molecular complexity index is 590. The molecule has 0 aliphatic rings. The molecule has 0 bridgehead atoms. The molecular weight excluding hydrogens is 270 g/mol. The van der Waals surface area contributed by atoms with Gasteiger partial charge in [0.25, 0.3) is 0 Å². The van der Waals surface area contributed by atoms with E-state index in [0.29, 0.717) is 11.7 Å². The Kier molecular flexibility index (Phi) is 4.87. The third-order valence-corrected chi connectivity index (χ3v) is 4.03. The first kappa shape index (κ1) is 14.7. The molecule has 1 aromatic carbocycles. The highest BCUT2D eigenvalue weighted by Gasteiger charge is 2.10. The molecule has 2 aromatic rings. The summed E-state index contributed by atoms with van der Waals surface area (Å²) in [6.07, 6.45) is 0.853. The number of hydrogen-bond acceptors (Lipinski definition) is 4. The van der Waals surface area contributed by atoms with E-state index in [2.05, 4.69) is 46.8 Å². The second-order valence-corrected chi connectivity index (χ2v) is 5.85. The lowest BCUT2D eigenvalue weighted by Crippen LogP contribution is -2.24. The largest absolute Gasteiger partial charge is 0.311 e. The molecule has 1 aromatic heterocycles. The Labute approximate surface area is 123 Å². The summed E-state index contributed by atoms with van der Waals surface area (Å²) in [4.78, 5) is 17.1. The van der Waals surface area contributed by atoms with Crippen molar-refractivity contribution in [2.75, 3.05) is 18.9 Å². The normalized spacial score (nSPS) is 10.6. The Hall–Kier alpha value is -1.72. The third kappa shape index (κ3) is 3.88. The number of anilines is 1. The van der Waals surface area contributed by atoms with Gasteiger partial charge in [-0.05, 0) is 26.5 Å². The monoisotopic (exact) mass is 289 g/mol. The molecule has 0 unspecified atom stereocenters. The SMILES string of the molecule is CNCC(=O)Nc1nc(C)c(Cc2ccc(C)cc2)s1. The topological polar surface area (TPSA) is 54.0 Å². The van der Waals surface area contributed by atoms with Crippen LogP contribution in [-0.2, 0) is 11.2 Å². The first-order valence-electron chi connectivity index (χ1n) is 6.55. The third-order valence-electron chi connectivity index (χ3n) is 2.96. The van der Waals surface area contributed by atoms with Crippen molar-refractivity contribution in [2.45, 2.75) is 20.3 Å². The molecule has 0 saturated heterocycles. The van der Waals surface area contributed by atoms with Gasteiger partial charge < -0.3 is 10.6 Å². The predicted molar refractivity (Wildman–Crippen MR) is 83.4 cm³/mol. The number of aryl methyl sites for hydroxylation is 2. The second-order valence-electron chi connectivity index (χ2n) is 4.77. The molecule has 0 atom stereocenters. The van der Waals surface area contributed by atoms with E-state index in [4.69, 9.17) is 0 Å². The van der Waals surface area contributed by atoms with Gasteiger partial charge in [-0.15, -0.1) is 11.3 Å². The number of rotatable bonds is 5. The van der Waals surface area contributed by atoms with E-state index < -0.39 is 0 Å². The van der Waals surface area contributed by atoms with Crippen LogP contribution in [0.2, 0.25) is 0 Å². The number of carbonyl (C=O) groups is 1. The van der Waals surface area contributed by atoms with Gasteiger partial charge in [-0.2, -0.15) is 0 Å². The number of amides is 1. The molecule has 1 heterocycles. The van der Waals surface area contributed by atoms with Gasteiger partial charge in [0.1, 0.15) is 0 Å². The van der Waals surface area contributed by atoms with Crippen LogP contribution in [0.3, 0.4) is 0 Å². The fourth-order valence-corrected chi connectivity index (χ4v) is 2.87. The van der Waals surface area contributed by atoms with Crippen LogP contribution in [0.1, 0.15) is 21.7 Å². The molecule has 106 valence electrons. The Balaban J connectivity index is 2.07. The Morgan fingerprint density at radius 1 is 1.25 bits per heavy atom. The number of hydrogen-bond donors (Lipinski definition) is 2. The molecule has 2 N–H and O–H groups in total. The number of likely N-dealkylation sites (N-methyl/N-ethyl adjacent to an activating group) is 1. The van der Waals surface area contributed by atoms with E-state index in [1.54, 1.807) is 18.4 Å². The summed E-state index contributed by atoms with van der Waals surface area (Å²) in [7, 11) is 1.75. The summed E-state index contributed by atoms with van der Waals surface area (Å²) in [5.41, 5.74) is 3.50. The average Bonchev–Trinajstić information content (AvgIpc) is 2.72. The number of aromatic nitrogens is 1. The van der Waals surface area contributed by atoms with Gasteiger partial charge in [-0.1, -0.05) is 29.8 Å². The first-order chi connectivity index (χ1) is 9.58. The number of benzene rings is 1. The summed E-state index contributed by atoms with van der Waals surface area (Å²) >= 11 is 1.54. The van der Waals surface area contributed by atoms with Crippen LogP contribution in [0.15, 0.2) is 24.3 Å². The van der Waals surface area contributed by atoms with Crippen LogP contribution in [0.5, 0.6) is 0 Å². The van der Waals surface area contributed by atoms with Crippen molar-refractivity contribution in [1.82, 2.24) is 10.3 Å². The lowest BCUT2D eigenvalue weighted by molar-refractivity contribution is -0.115. The highest BCUT2D eigenvalue weighted by Crippen LogP contribution is 2.25. The van der Waals surface area contributed by atoms with Crippen molar-refractivity contribution in [3.63, 3.8) is 0 Å². The minimum atomic E-state index is -0.0665. The average molecular weight is 289 g/mol. The van der Waals surface area contributed by atoms with E-state index in [1.165, 1.54) is 16.0 Å². The van der Waals surface area contributed by atoms with Crippen LogP contribution in [0, 0.1) is 13.8 Å². The molecule has 0 fully saturated rings. The molecular formula is C15H19N3OS. The lowest BCUT2D eigenvalue weighted by atomic mass is 10.1. The van der Waals surface area contributed by atoms with Crippen molar-refractivity contribution >= 4 is 22.4 Å². The summed E-state index contributed by atoms with van der Waals surface area (Å²) < 4.78 is 0. The highest BCUT2D eigenvalue weighted by atomic mass is 32.1. The van der Waals surface area contributed by atoms with Crippen LogP contribution in [0.4, 0.5) is 5.13 Å². The fourth-order valence-electron chi connectivity index (χ4n) is 1.86. The smallest absolute Gasteiger partial charge is 0.240 e. The standard InChI is InChI=1S/C15H19N3OS/c1-10-4-6-12(7-5-10)8-13-11(2)17-15(20-13)18-14(19)9-16-3/h4-7,16H,8-9H2,1-3H3,(H,17,18,19). The van der Waals surface area contributed by atoms with Crippen molar-refractivity contribution in [3.05, 3.63) is 46.0 Å². The zero-order valence-corrected chi connectivity index (χ0v) is 12.8. The van der Waals surface area contributed by atoms with Gasteiger partial charge in [-0.3, -0.25) is 4.79 Å². The molecule has 0 aliphatic carbocycles. The van der Waals surface area contributed by atoms with E-state index in [9.17, 15) is 4.79 Å². The van der Waals surface area contributed by atoms with Crippen LogP contribution >= 0.6 is 11.3 Å². The van der Waals surface area contributed by atoms with Gasteiger partial charge in [0.05, 0.1) is 12.2 Å². The Morgan fingerprint density at radius 3 is 2.60 bits per heavy atom. The summed E-state index contributed by atoms with van der Waals surface area (Å²) in [5.74, 6) is -0.0665. The van der Waals surface area contributed by atoms with Crippen molar-refractivity contribution in [1.29, 1.82) is 0 Å². The van der Waals surface area contributed by atoms with Gasteiger partial charge in [0.2, 0.25) is 5.91 Å². The van der Waals surface area contributed by atoms with E-state index in [0.717, 1.165) is 12.1 Å². The van der Waals surface area contributed by atoms with Crippen LogP contribution in [0.25, 0.3) is 0 Å². The van der Waals surface area contributed by atoms with Crippen LogP contribution in [-0.4, -0.2) is 24.5 Å². The summed E-state index contributed by atoms with van der Waals surface area (Å²) in [6.45, 7) is 4.36. The van der Waals surface area contributed by atoms with Gasteiger partial charge >= 0.3 is 0 Å². The molecule has 4 nitrogen and oxygen atoms in total. The van der Waals surface area contributed by atoms with Gasteiger partial charge in [0, 0.05) is 11.3 Å². The molecule has 2 rings (SSSR count). The molecule has 0 saturated carbocycles. The maximum Gasteiger partial charge on any atom is 0.240 e. The molecule has 0 spiro atoms. The first-order valence-corrected chi connectivity index (χ1v) is 7.36. The zero-order chi connectivity index (χ0) is 14.5. The lowest BCUT2D eigenvalue weighted by Gasteiger charge is -2.00. The molecule has 20 heavy (non-hydrogen) atoms. The minimum Gasteiger partial charge on any atom is -0.311 e. The van der Waals surface area contributed by atoms with Crippen molar-refractivity contribution in [3.8, 4) is 0 Å². The van der Waals surface area contributed by atoms with Crippen LogP contribution < -0.4 is 10.6 Å². The number of nitrogens with one attached hydrogen (secondary N) is 2. The Morgan fingerprint density at radius 2 is 1.95 bits per heavy atom. The zero-order valence-electron chi connectivity index (χ0n) is 12.0. The summed E-state index contributed by atoms with van der Waals surface area (Å²) in [5, 5.41) is 6.30. The van der Waals surface area contributed by atoms with Crippen molar-refractivity contribution in [2.24, 2.45) is 0 Å². The number of thiazole rings is 1. The van der Waals surface area contributed by atoms with Gasteiger partial charge in [-0.25, -0.2) is 4.98 Å². The molecule has 1 amide bonds. The predicted octanol–water partition coefficient (Wildman–Crippen LogP) is 2.51. The van der Waals surface area contributed by atoms with Gasteiger partial charge in [0.15, 0.2) is 5.13 Å². The van der Waals surface area contributed by atoms with E-state index in [1.807, 2.05) is 6.92 Å². The van der Waals surface area contributed by atoms with E-state index >= 15 is 0 Å². The highest BCUT2D eigenvalue weighted by molar-refractivity contribution is 7.15.